The summed E-state index contributed by atoms with van der Waals surface area (Å²) in [7, 11) is 0. The van der Waals surface area contributed by atoms with Gasteiger partial charge in [-0.25, -0.2) is 15.8 Å². The molecule has 0 amide bonds. The van der Waals surface area contributed by atoms with Gasteiger partial charge < -0.3 is 5.43 Å². The van der Waals surface area contributed by atoms with Crippen LogP contribution in [0.3, 0.4) is 0 Å². The Morgan fingerprint density at radius 1 is 1.12 bits per heavy atom. The van der Waals surface area contributed by atoms with Gasteiger partial charge in [-0.1, -0.05) is 30.3 Å². The van der Waals surface area contributed by atoms with Gasteiger partial charge in [-0.3, -0.25) is 0 Å². The van der Waals surface area contributed by atoms with Crippen LogP contribution in [0, 0.1) is 0 Å². The van der Waals surface area contributed by atoms with Crippen LogP contribution in [0.2, 0.25) is 0 Å². The molecule has 3 N–H and O–H groups in total. The van der Waals surface area contributed by atoms with Crippen LogP contribution in [0.1, 0.15) is 0 Å². The van der Waals surface area contributed by atoms with Gasteiger partial charge in [0, 0.05) is 4.88 Å². The summed E-state index contributed by atoms with van der Waals surface area (Å²) in [5.41, 5.74) is 3.77. The highest BCUT2D eigenvalue weighted by Gasteiger charge is 2.08. The smallest absolute Gasteiger partial charge is 0.152 e. The van der Waals surface area contributed by atoms with Gasteiger partial charge in [0.25, 0.3) is 0 Å². The number of anilines is 1. The van der Waals surface area contributed by atoms with Gasteiger partial charge in [-0.05, 0) is 11.6 Å². The molecule has 3 aromatic rings. The van der Waals surface area contributed by atoms with Crippen LogP contribution < -0.4 is 11.3 Å². The Labute approximate surface area is 102 Å². The number of nitrogens with one attached hydrogen (secondary N) is 1. The first kappa shape index (κ1) is 10.2. The second kappa shape index (κ2) is 4.12. The maximum absolute atomic E-state index is 5.43. The molecule has 0 atom stereocenters. The molecule has 4 nitrogen and oxygen atoms in total. The molecule has 0 aliphatic heterocycles. The lowest BCUT2D eigenvalue weighted by Crippen LogP contribution is -2.08. The first-order valence-electron chi connectivity index (χ1n) is 5.15. The predicted molar refractivity (Wildman–Crippen MR) is 70.7 cm³/mol. The van der Waals surface area contributed by atoms with E-state index in [1.165, 1.54) is 11.9 Å². The zero-order valence-corrected chi connectivity index (χ0v) is 9.74. The van der Waals surface area contributed by atoms with E-state index in [1.807, 2.05) is 18.2 Å². The molecule has 3 rings (SSSR count). The number of nitrogen functional groups attached to an aromatic ring is 1. The van der Waals surface area contributed by atoms with E-state index >= 15 is 0 Å². The topological polar surface area (TPSA) is 63.8 Å². The minimum Gasteiger partial charge on any atom is -0.308 e. The summed E-state index contributed by atoms with van der Waals surface area (Å²) in [6, 6.07) is 12.3. The van der Waals surface area contributed by atoms with Gasteiger partial charge in [-0.2, -0.15) is 0 Å². The molecule has 0 spiro atoms. The summed E-state index contributed by atoms with van der Waals surface area (Å²) in [6.07, 6.45) is 1.52. The monoisotopic (exact) mass is 242 g/mol. The van der Waals surface area contributed by atoms with E-state index in [9.17, 15) is 0 Å². The van der Waals surface area contributed by atoms with E-state index in [-0.39, 0.29) is 0 Å². The molecule has 0 saturated carbocycles. The average molecular weight is 242 g/mol. The molecular formula is C12H10N4S. The highest BCUT2D eigenvalue weighted by molar-refractivity contribution is 7.21. The summed E-state index contributed by atoms with van der Waals surface area (Å²) in [4.78, 5) is 10.4. The van der Waals surface area contributed by atoms with Crippen molar-refractivity contribution in [3.8, 4) is 10.4 Å². The number of rotatable bonds is 2. The second-order valence-corrected chi connectivity index (χ2v) is 4.59. The molecule has 0 saturated heterocycles. The van der Waals surface area contributed by atoms with E-state index in [2.05, 4.69) is 33.6 Å². The van der Waals surface area contributed by atoms with Gasteiger partial charge in [0.05, 0.1) is 5.39 Å². The number of hydrogen-bond donors (Lipinski definition) is 2. The SMILES string of the molecule is NNc1ncnc2sc(-c3ccccc3)cc12. The lowest BCUT2D eigenvalue weighted by molar-refractivity contribution is 1.19. The Hall–Kier alpha value is -1.98. The number of nitrogens with two attached hydrogens (primary N) is 1. The normalized spacial score (nSPS) is 10.6. The van der Waals surface area contributed by atoms with E-state index < -0.39 is 0 Å². The zero-order valence-electron chi connectivity index (χ0n) is 8.92. The van der Waals surface area contributed by atoms with Crippen LogP contribution >= 0.6 is 11.3 Å². The molecule has 0 fully saturated rings. The van der Waals surface area contributed by atoms with E-state index in [4.69, 9.17) is 5.84 Å². The van der Waals surface area contributed by atoms with Crippen LogP contribution in [-0.4, -0.2) is 9.97 Å². The molecule has 2 heterocycles. The molecule has 5 heteroatoms. The molecule has 84 valence electrons. The first-order valence-corrected chi connectivity index (χ1v) is 5.97. The lowest BCUT2D eigenvalue weighted by atomic mass is 10.2. The van der Waals surface area contributed by atoms with E-state index in [0.29, 0.717) is 5.82 Å². The van der Waals surface area contributed by atoms with Gasteiger partial charge in [0.1, 0.15) is 11.2 Å². The highest BCUT2D eigenvalue weighted by atomic mass is 32.1. The molecule has 0 bridgehead atoms. The van der Waals surface area contributed by atoms with Gasteiger partial charge in [0.2, 0.25) is 0 Å². The van der Waals surface area contributed by atoms with Crippen molar-refractivity contribution < 1.29 is 0 Å². The molecule has 0 aliphatic rings. The molecule has 2 aromatic heterocycles. The number of thiophene rings is 1. The minimum absolute atomic E-state index is 0.661. The maximum Gasteiger partial charge on any atom is 0.152 e. The Balaban J connectivity index is 2.20. The predicted octanol–water partition coefficient (Wildman–Crippen LogP) is 2.64. The fourth-order valence-corrected chi connectivity index (χ4v) is 2.72. The van der Waals surface area contributed by atoms with Crippen molar-refractivity contribution in [3.05, 3.63) is 42.7 Å². The van der Waals surface area contributed by atoms with Gasteiger partial charge in [-0.15, -0.1) is 11.3 Å². The van der Waals surface area contributed by atoms with Crippen molar-refractivity contribution >= 4 is 27.4 Å². The summed E-state index contributed by atoms with van der Waals surface area (Å²) in [5.74, 6) is 6.09. The number of hydrazine groups is 1. The van der Waals surface area contributed by atoms with Crippen molar-refractivity contribution in [1.82, 2.24) is 9.97 Å². The zero-order chi connectivity index (χ0) is 11.7. The van der Waals surface area contributed by atoms with Crippen molar-refractivity contribution in [1.29, 1.82) is 0 Å². The Morgan fingerprint density at radius 2 is 1.94 bits per heavy atom. The lowest BCUT2D eigenvalue weighted by Gasteiger charge is -1.97. The van der Waals surface area contributed by atoms with Crippen LogP contribution in [0.4, 0.5) is 5.82 Å². The van der Waals surface area contributed by atoms with Gasteiger partial charge >= 0.3 is 0 Å². The van der Waals surface area contributed by atoms with Crippen molar-refractivity contribution in [2.45, 2.75) is 0 Å². The summed E-state index contributed by atoms with van der Waals surface area (Å²) in [5, 5.41) is 0.957. The molecule has 0 aliphatic carbocycles. The van der Waals surface area contributed by atoms with Crippen molar-refractivity contribution in [2.24, 2.45) is 5.84 Å². The van der Waals surface area contributed by atoms with Crippen molar-refractivity contribution in [3.63, 3.8) is 0 Å². The third-order valence-electron chi connectivity index (χ3n) is 2.52. The van der Waals surface area contributed by atoms with Crippen LogP contribution in [-0.2, 0) is 0 Å². The molecule has 0 unspecified atom stereocenters. The van der Waals surface area contributed by atoms with Gasteiger partial charge in [0.15, 0.2) is 5.82 Å². The van der Waals surface area contributed by atoms with Crippen LogP contribution in [0.5, 0.6) is 0 Å². The fraction of sp³-hybridized carbons (Fsp3) is 0. The largest absolute Gasteiger partial charge is 0.308 e. The number of fused-ring (bicyclic) bond motifs is 1. The van der Waals surface area contributed by atoms with Crippen molar-refractivity contribution in [2.75, 3.05) is 5.43 Å². The average Bonchev–Trinajstić information content (AvgIpc) is 2.83. The quantitative estimate of drug-likeness (QED) is 0.535. The number of hydrogen-bond acceptors (Lipinski definition) is 5. The number of nitrogens with zero attached hydrogens (tertiary/aromatic N) is 2. The number of aromatic nitrogens is 2. The Morgan fingerprint density at radius 3 is 2.71 bits per heavy atom. The Kier molecular flexibility index (Phi) is 2.47. The van der Waals surface area contributed by atoms with Crippen LogP contribution in [0.25, 0.3) is 20.7 Å². The third-order valence-corrected chi connectivity index (χ3v) is 3.62. The summed E-state index contributed by atoms with van der Waals surface area (Å²) in [6.45, 7) is 0. The molecule has 1 aromatic carbocycles. The standard InChI is InChI=1S/C12H10N4S/c13-16-11-9-6-10(8-4-2-1-3-5-8)17-12(9)15-7-14-11/h1-7H,13H2,(H,14,15,16). The summed E-state index contributed by atoms with van der Waals surface area (Å²) >= 11 is 1.63. The first-order chi connectivity index (χ1) is 8.38. The fourth-order valence-electron chi connectivity index (χ4n) is 1.72. The summed E-state index contributed by atoms with van der Waals surface area (Å²) < 4.78 is 0. The second-order valence-electron chi connectivity index (χ2n) is 3.56. The minimum atomic E-state index is 0.661. The Bertz CT molecular complexity index is 648. The number of benzene rings is 1. The van der Waals surface area contributed by atoms with E-state index in [0.717, 1.165) is 15.1 Å². The maximum atomic E-state index is 5.43. The molecular weight excluding hydrogens is 232 g/mol. The van der Waals surface area contributed by atoms with Crippen LogP contribution in [0.15, 0.2) is 42.7 Å². The third kappa shape index (κ3) is 1.75. The molecule has 0 radical (unpaired) electrons. The highest BCUT2D eigenvalue weighted by Crippen LogP contribution is 2.34. The molecule has 17 heavy (non-hydrogen) atoms. The van der Waals surface area contributed by atoms with E-state index in [1.54, 1.807) is 11.3 Å².